The van der Waals surface area contributed by atoms with Crippen LogP contribution >= 0.6 is 0 Å². The number of ketones is 1. The Bertz CT molecular complexity index is 1280. The maximum atomic E-state index is 14.0. The number of Topliss-reactive ketones (excluding diaryl/α,β-unsaturated/α-hetero) is 1. The van der Waals surface area contributed by atoms with Crippen molar-refractivity contribution in [2.75, 3.05) is 0 Å². The molecule has 2 aromatic rings. The van der Waals surface area contributed by atoms with E-state index in [4.69, 9.17) is 4.98 Å². The standard InChI is InChI=1S/C31H37N3O2/c35-29-14-4-1-11-26(29)30-31(36)34(28-13-3-2-12-27(28)32-30)25-18-22-9-6-10-23(19-25)33(22)24-16-20-7-5-8-21(15-20)17-24/h1-4,11-13,20-25H,5-10,14-19H2/t20-,21+,22-,23+,24?,25?. The Labute approximate surface area is 213 Å². The molecular weight excluding hydrogens is 446 g/mol. The second kappa shape index (κ2) is 9.09. The van der Waals surface area contributed by atoms with E-state index in [-0.39, 0.29) is 17.4 Å². The van der Waals surface area contributed by atoms with Gasteiger partial charge in [0.25, 0.3) is 5.56 Å². The Morgan fingerprint density at radius 1 is 0.778 bits per heavy atom. The van der Waals surface area contributed by atoms with E-state index < -0.39 is 0 Å². The highest BCUT2D eigenvalue weighted by Crippen LogP contribution is 2.47. The number of benzene rings is 1. The van der Waals surface area contributed by atoms with Gasteiger partial charge in [-0.15, -0.1) is 0 Å². The van der Waals surface area contributed by atoms with E-state index in [0.29, 0.717) is 29.8 Å². The summed E-state index contributed by atoms with van der Waals surface area (Å²) in [5, 5.41) is 0. The number of rotatable bonds is 3. The van der Waals surface area contributed by atoms with Crippen LogP contribution in [-0.4, -0.2) is 38.4 Å². The van der Waals surface area contributed by atoms with Gasteiger partial charge in [-0.25, -0.2) is 4.98 Å². The van der Waals surface area contributed by atoms with Crippen molar-refractivity contribution < 1.29 is 4.79 Å². The van der Waals surface area contributed by atoms with Crippen LogP contribution in [0.3, 0.4) is 0 Å². The molecule has 6 atom stereocenters. The largest absolute Gasteiger partial charge is 0.302 e. The van der Waals surface area contributed by atoms with Crippen LogP contribution in [0.25, 0.3) is 16.6 Å². The molecule has 188 valence electrons. The first-order valence-corrected chi connectivity index (χ1v) is 14.3. The van der Waals surface area contributed by atoms with Crippen LogP contribution in [0.15, 0.2) is 47.3 Å². The SMILES string of the molecule is O=C1CC=CC=C1c1nc2ccccc2n(C2C[C@H]3CCC[C@@H](C2)N3C2C[C@H]3CCC[C@@H](C2)C3)c1=O. The van der Waals surface area contributed by atoms with Crippen molar-refractivity contribution in [3.63, 3.8) is 0 Å². The zero-order valence-corrected chi connectivity index (χ0v) is 21.1. The molecule has 1 aromatic carbocycles. The van der Waals surface area contributed by atoms with Gasteiger partial charge in [-0.2, -0.15) is 0 Å². The fourth-order valence-electron chi connectivity index (χ4n) is 8.58. The second-order valence-electron chi connectivity index (χ2n) is 12.1. The summed E-state index contributed by atoms with van der Waals surface area (Å²) in [4.78, 5) is 34.4. The molecule has 3 aliphatic carbocycles. The fourth-order valence-corrected chi connectivity index (χ4v) is 8.58. The zero-order chi connectivity index (χ0) is 24.2. The lowest BCUT2D eigenvalue weighted by atomic mass is 9.68. The summed E-state index contributed by atoms with van der Waals surface area (Å²) in [5.41, 5.74) is 2.42. The van der Waals surface area contributed by atoms with Crippen LogP contribution in [-0.2, 0) is 4.79 Å². The van der Waals surface area contributed by atoms with Gasteiger partial charge in [0.2, 0.25) is 0 Å². The number of hydrogen-bond donors (Lipinski definition) is 0. The molecule has 5 nitrogen and oxygen atoms in total. The highest BCUT2D eigenvalue weighted by atomic mass is 16.1. The van der Waals surface area contributed by atoms with Crippen LogP contribution < -0.4 is 5.56 Å². The minimum Gasteiger partial charge on any atom is -0.302 e. The van der Waals surface area contributed by atoms with Crippen molar-refractivity contribution in [1.29, 1.82) is 0 Å². The lowest BCUT2D eigenvalue weighted by Crippen LogP contribution is -2.58. The van der Waals surface area contributed by atoms with Crippen molar-refractivity contribution >= 4 is 22.4 Å². The number of nitrogens with zero attached hydrogens (tertiary/aromatic N) is 3. The summed E-state index contributed by atoms with van der Waals surface area (Å²) >= 11 is 0. The van der Waals surface area contributed by atoms with Gasteiger partial charge in [0.1, 0.15) is 5.69 Å². The predicted molar refractivity (Wildman–Crippen MR) is 143 cm³/mol. The van der Waals surface area contributed by atoms with Crippen molar-refractivity contribution in [3.8, 4) is 0 Å². The molecule has 1 aromatic heterocycles. The summed E-state index contributed by atoms with van der Waals surface area (Å²) in [6.45, 7) is 0. The van der Waals surface area contributed by atoms with Crippen molar-refractivity contribution in [2.45, 2.75) is 101 Å². The quantitative estimate of drug-likeness (QED) is 0.551. The van der Waals surface area contributed by atoms with E-state index >= 15 is 0 Å². The van der Waals surface area contributed by atoms with Crippen LogP contribution in [0.1, 0.15) is 88.8 Å². The lowest BCUT2D eigenvalue weighted by Gasteiger charge is -2.55. The first-order chi connectivity index (χ1) is 17.7. The Morgan fingerprint density at radius 2 is 1.50 bits per heavy atom. The molecular formula is C31H37N3O2. The molecule has 3 heterocycles. The number of carbonyl (C=O) groups is 1. The zero-order valence-electron chi connectivity index (χ0n) is 21.1. The molecule has 36 heavy (non-hydrogen) atoms. The fraction of sp³-hybridized carbons (Fsp3) is 0.581. The summed E-state index contributed by atoms with van der Waals surface area (Å²) < 4.78 is 2.03. The van der Waals surface area contributed by atoms with E-state index in [2.05, 4.69) is 4.90 Å². The smallest absolute Gasteiger partial charge is 0.277 e. The molecule has 4 fully saturated rings. The highest BCUT2D eigenvalue weighted by molar-refractivity contribution is 6.21. The number of carbonyl (C=O) groups excluding carboxylic acids is 1. The van der Waals surface area contributed by atoms with Crippen LogP contribution in [0, 0.1) is 11.8 Å². The Hall–Kier alpha value is -2.53. The van der Waals surface area contributed by atoms with E-state index in [0.717, 1.165) is 41.8 Å². The normalized spacial score (nSPS) is 34.6. The molecule has 2 saturated carbocycles. The van der Waals surface area contributed by atoms with E-state index in [1.165, 1.54) is 57.8 Å². The van der Waals surface area contributed by atoms with E-state index in [1.807, 2.05) is 41.0 Å². The number of piperidine rings is 2. The number of hydrogen-bond acceptors (Lipinski definition) is 4. The van der Waals surface area contributed by atoms with Gasteiger partial charge in [-0.3, -0.25) is 14.5 Å². The number of fused-ring (bicyclic) bond motifs is 5. The molecule has 7 rings (SSSR count). The molecule has 0 spiro atoms. The Morgan fingerprint density at radius 3 is 2.25 bits per heavy atom. The minimum atomic E-state index is -0.0904. The molecule has 2 saturated heterocycles. The average molecular weight is 484 g/mol. The summed E-state index contributed by atoms with van der Waals surface area (Å²) in [7, 11) is 0. The molecule has 2 aliphatic heterocycles. The molecule has 5 heteroatoms. The number of para-hydroxylation sites is 2. The highest BCUT2D eigenvalue weighted by Gasteiger charge is 2.45. The first kappa shape index (κ1) is 22.7. The maximum absolute atomic E-state index is 14.0. The third kappa shape index (κ3) is 3.82. The molecule has 0 amide bonds. The van der Waals surface area contributed by atoms with Gasteiger partial charge in [0, 0.05) is 36.2 Å². The van der Waals surface area contributed by atoms with Crippen molar-refractivity contribution in [3.05, 3.63) is 58.5 Å². The van der Waals surface area contributed by atoms with Gasteiger partial charge < -0.3 is 4.57 Å². The lowest BCUT2D eigenvalue weighted by molar-refractivity contribution is -0.113. The Balaban J connectivity index is 1.26. The van der Waals surface area contributed by atoms with Gasteiger partial charge in [0.15, 0.2) is 5.78 Å². The molecule has 2 unspecified atom stereocenters. The molecule has 4 bridgehead atoms. The maximum Gasteiger partial charge on any atom is 0.277 e. The molecule has 0 N–H and O–H groups in total. The summed E-state index contributed by atoms with van der Waals surface area (Å²) in [6.07, 6.45) is 20.2. The van der Waals surface area contributed by atoms with E-state index in [9.17, 15) is 9.59 Å². The third-order valence-electron chi connectivity index (χ3n) is 9.95. The second-order valence-corrected chi connectivity index (χ2v) is 12.1. The number of aromatic nitrogens is 2. The third-order valence-corrected chi connectivity index (χ3v) is 9.95. The summed E-state index contributed by atoms with van der Waals surface area (Å²) in [6, 6.07) is 10.0. The first-order valence-electron chi connectivity index (χ1n) is 14.3. The van der Waals surface area contributed by atoms with Crippen molar-refractivity contribution in [1.82, 2.24) is 14.5 Å². The van der Waals surface area contributed by atoms with Gasteiger partial charge in [-0.05, 0) is 75.0 Å². The predicted octanol–water partition coefficient (Wildman–Crippen LogP) is 5.84. The van der Waals surface area contributed by atoms with Crippen LogP contribution in [0.5, 0.6) is 0 Å². The monoisotopic (exact) mass is 483 g/mol. The van der Waals surface area contributed by atoms with Gasteiger partial charge in [-0.1, -0.05) is 50.0 Å². The topological polar surface area (TPSA) is 55.2 Å². The Kier molecular flexibility index (Phi) is 5.72. The average Bonchev–Trinajstić information content (AvgIpc) is 2.88. The molecule has 0 radical (unpaired) electrons. The minimum absolute atomic E-state index is 0.0153. The van der Waals surface area contributed by atoms with Gasteiger partial charge in [0.05, 0.1) is 11.0 Å². The molecule has 5 aliphatic rings. The van der Waals surface area contributed by atoms with Crippen molar-refractivity contribution in [2.24, 2.45) is 11.8 Å². The van der Waals surface area contributed by atoms with Crippen LogP contribution in [0.4, 0.5) is 0 Å². The van der Waals surface area contributed by atoms with Crippen LogP contribution in [0.2, 0.25) is 0 Å². The number of allylic oxidation sites excluding steroid dienone is 4. The van der Waals surface area contributed by atoms with Gasteiger partial charge >= 0.3 is 0 Å². The summed E-state index contributed by atoms with van der Waals surface area (Å²) in [5.74, 6) is 1.86. The van der Waals surface area contributed by atoms with E-state index in [1.54, 1.807) is 6.08 Å².